The Kier molecular flexibility index (Phi) is 9.49. The topological polar surface area (TPSA) is 170 Å². The number of benzene rings is 2. The van der Waals surface area contributed by atoms with Crippen LogP contribution < -0.4 is 15.8 Å². The van der Waals surface area contributed by atoms with Gasteiger partial charge < -0.3 is 19.1 Å². The number of hydrogen-bond donors (Lipinski definition) is 2. The summed E-state index contributed by atoms with van der Waals surface area (Å²) in [6.07, 6.45) is -3.74. The van der Waals surface area contributed by atoms with Crippen molar-refractivity contribution in [2.24, 2.45) is 11.3 Å². The molecule has 1 unspecified atom stereocenters. The number of nitrogens with one attached hydrogen (secondary N) is 1. The molecule has 0 saturated carbocycles. The van der Waals surface area contributed by atoms with E-state index in [2.05, 4.69) is 4.98 Å². The molecule has 12 nitrogen and oxygen atoms in total. The number of aliphatic hydroxyl groups is 1. The van der Waals surface area contributed by atoms with Gasteiger partial charge in [-0.25, -0.2) is 9.36 Å². The van der Waals surface area contributed by atoms with Crippen LogP contribution >= 0.6 is 7.60 Å². The minimum atomic E-state index is -4.09. The van der Waals surface area contributed by atoms with E-state index >= 15 is 0 Å². The normalized spacial score (nSPS) is 24.6. The van der Waals surface area contributed by atoms with Gasteiger partial charge in [0.1, 0.15) is 29.5 Å². The number of hydrogen-bond acceptors (Lipinski definition) is 10. The van der Waals surface area contributed by atoms with E-state index in [0.717, 1.165) is 22.4 Å². The Bertz CT molecular complexity index is 1590. The summed E-state index contributed by atoms with van der Waals surface area (Å²) in [6.45, 7) is 4.16. The molecule has 1 fully saturated rings. The third kappa shape index (κ3) is 6.89. The molecule has 1 aliphatic heterocycles. The number of nitriles is 1. The Morgan fingerprint density at radius 1 is 1.14 bits per heavy atom. The number of carbonyl (C=O) groups is 1. The second kappa shape index (κ2) is 12.9. The van der Waals surface area contributed by atoms with Crippen molar-refractivity contribution in [3.63, 3.8) is 0 Å². The molecular weight excluding hydrogens is 565 g/mol. The number of aromatic nitrogens is 2. The fourth-order valence-corrected chi connectivity index (χ4v) is 6.44. The molecule has 2 N–H and O–H groups in total. The number of nitrogens with zero attached hydrogens (tertiary/aromatic N) is 2. The number of ether oxygens (including phenoxy) is 2. The van der Waals surface area contributed by atoms with Crippen LogP contribution in [0, 0.1) is 22.7 Å². The molecule has 42 heavy (non-hydrogen) atoms. The highest BCUT2D eigenvalue weighted by Gasteiger charge is 2.55. The summed E-state index contributed by atoms with van der Waals surface area (Å²) >= 11 is 0. The SMILES string of the molecule is C[C@H](CP(=O)(OC[C@H]1O[C@@H](n2ccc(=O)[nH]c2=O)[C@](C)(C#N)[C@@H]1O)Oc1ccccc1)C(=O)O[C@H](C)c1ccccc1. The quantitative estimate of drug-likeness (QED) is 0.246. The zero-order valence-corrected chi connectivity index (χ0v) is 24.2. The molecule has 3 aromatic rings. The van der Waals surface area contributed by atoms with Gasteiger partial charge >= 0.3 is 19.3 Å². The van der Waals surface area contributed by atoms with Crippen LogP contribution in [-0.2, 0) is 23.4 Å². The van der Waals surface area contributed by atoms with Crippen molar-refractivity contribution in [1.82, 2.24) is 9.55 Å². The number of para-hydroxylation sites is 1. The van der Waals surface area contributed by atoms with Gasteiger partial charge in [-0.1, -0.05) is 55.5 Å². The molecular formula is C29H32N3O9P. The Hall–Kier alpha value is -4.01. The summed E-state index contributed by atoms with van der Waals surface area (Å²) < 4.78 is 38.0. The van der Waals surface area contributed by atoms with Crippen LogP contribution in [0.15, 0.2) is 82.5 Å². The minimum Gasteiger partial charge on any atom is -0.458 e. The van der Waals surface area contributed by atoms with Gasteiger partial charge in [0, 0.05) is 12.3 Å². The van der Waals surface area contributed by atoms with E-state index in [1.807, 2.05) is 36.4 Å². The van der Waals surface area contributed by atoms with Crippen LogP contribution in [0.3, 0.4) is 0 Å². The lowest BCUT2D eigenvalue weighted by Crippen LogP contribution is -2.40. The number of carbonyl (C=O) groups excluding carboxylic acids is 1. The predicted octanol–water partition coefficient (Wildman–Crippen LogP) is 3.55. The van der Waals surface area contributed by atoms with Crippen LogP contribution in [0.1, 0.15) is 38.7 Å². The van der Waals surface area contributed by atoms with E-state index in [1.165, 1.54) is 13.8 Å². The lowest BCUT2D eigenvalue weighted by atomic mass is 9.84. The highest BCUT2D eigenvalue weighted by atomic mass is 31.2. The first-order valence-corrected chi connectivity index (χ1v) is 15.0. The molecule has 0 aliphatic carbocycles. The number of esters is 1. The molecule has 222 valence electrons. The van der Waals surface area contributed by atoms with Crippen LogP contribution in [-0.4, -0.2) is 45.6 Å². The maximum Gasteiger partial charge on any atom is 0.380 e. The van der Waals surface area contributed by atoms with Gasteiger partial charge in [0.05, 0.1) is 24.8 Å². The molecule has 7 atom stereocenters. The van der Waals surface area contributed by atoms with Crippen LogP contribution in [0.5, 0.6) is 5.75 Å². The van der Waals surface area contributed by atoms with Crippen molar-refractivity contribution in [2.75, 3.05) is 12.8 Å². The van der Waals surface area contributed by atoms with E-state index in [9.17, 15) is 29.3 Å². The number of aliphatic hydroxyl groups excluding tert-OH is 1. The Balaban J connectivity index is 1.52. The maximum atomic E-state index is 14.0. The van der Waals surface area contributed by atoms with Crippen LogP contribution in [0.2, 0.25) is 0 Å². The monoisotopic (exact) mass is 597 g/mol. The lowest BCUT2D eigenvalue weighted by Gasteiger charge is -2.26. The van der Waals surface area contributed by atoms with E-state index in [4.69, 9.17) is 18.5 Å². The first kappa shape index (κ1) is 30.9. The van der Waals surface area contributed by atoms with Gasteiger partial charge in [0.2, 0.25) is 0 Å². The average molecular weight is 598 g/mol. The summed E-state index contributed by atoms with van der Waals surface area (Å²) in [4.78, 5) is 39.0. The predicted molar refractivity (Wildman–Crippen MR) is 151 cm³/mol. The number of H-pyrrole nitrogens is 1. The number of aromatic amines is 1. The highest BCUT2D eigenvalue weighted by molar-refractivity contribution is 7.54. The first-order chi connectivity index (χ1) is 20.0. The van der Waals surface area contributed by atoms with Gasteiger partial charge in [-0.3, -0.25) is 23.7 Å². The average Bonchev–Trinajstić information content (AvgIpc) is 3.22. The van der Waals surface area contributed by atoms with Crippen molar-refractivity contribution in [3.05, 3.63) is 99.3 Å². The first-order valence-electron chi connectivity index (χ1n) is 13.3. The van der Waals surface area contributed by atoms with Crippen LogP contribution in [0.25, 0.3) is 0 Å². The Morgan fingerprint density at radius 2 is 1.79 bits per heavy atom. The summed E-state index contributed by atoms with van der Waals surface area (Å²) in [5, 5.41) is 20.9. The third-order valence-electron chi connectivity index (χ3n) is 7.01. The minimum absolute atomic E-state index is 0.228. The van der Waals surface area contributed by atoms with Crippen molar-refractivity contribution < 1.29 is 33.0 Å². The zero-order valence-electron chi connectivity index (χ0n) is 23.3. The highest BCUT2D eigenvalue weighted by Crippen LogP contribution is 2.52. The van der Waals surface area contributed by atoms with Crippen molar-refractivity contribution in [3.8, 4) is 11.8 Å². The van der Waals surface area contributed by atoms with Gasteiger partial charge in [0.15, 0.2) is 6.23 Å². The summed E-state index contributed by atoms with van der Waals surface area (Å²) in [7, 11) is -4.09. The molecule has 0 spiro atoms. The Labute approximate surface area is 242 Å². The van der Waals surface area contributed by atoms with Gasteiger partial charge in [-0.15, -0.1) is 0 Å². The zero-order chi connectivity index (χ0) is 30.5. The standard InChI is InChI=1S/C29H32N3O9P/c1-19(26(35)39-20(2)21-10-6-4-7-11-21)17-42(37,41-22-12-8-5-9-13-22)38-16-23-25(34)29(3,18-30)27(40-23)32-15-14-24(33)31-28(32)36/h4-15,19-20,23,25,27,34H,16-17H2,1-3H3,(H,31,33,36)/t19-,20-,23-,25-,27-,29-,42?/m1/s1. The summed E-state index contributed by atoms with van der Waals surface area (Å²) in [6, 6.07) is 20.5. The second-order valence-corrected chi connectivity index (χ2v) is 12.3. The van der Waals surface area contributed by atoms with Crippen molar-refractivity contribution in [1.29, 1.82) is 5.26 Å². The largest absolute Gasteiger partial charge is 0.458 e. The Morgan fingerprint density at radius 3 is 2.40 bits per heavy atom. The van der Waals surface area contributed by atoms with Crippen molar-refractivity contribution in [2.45, 2.75) is 45.3 Å². The van der Waals surface area contributed by atoms with E-state index in [0.29, 0.717) is 0 Å². The summed E-state index contributed by atoms with van der Waals surface area (Å²) in [5.41, 5.74) is -2.32. The molecule has 4 rings (SSSR count). The third-order valence-corrected chi connectivity index (χ3v) is 9.04. The van der Waals surface area contributed by atoms with Crippen molar-refractivity contribution >= 4 is 13.6 Å². The molecule has 2 aromatic carbocycles. The molecule has 0 bridgehead atoms. The van der Waals surface area contributed by atoms with E-state index in [-0.39, 0.29) is 11.9 Å². The van der Waals surface area contributed by atoms with E-state index in [1.54, 1.807) is 37.3 Å². The molecule has 0 amide bonds. The van der Waals surface area contributed by atoms with Gasteiger partial charge in [0.25, 0.3) is 5.56 Å². The van der Waals surface area contributed by atoms with Crippen LogP contribution in [0.4, 0.5) is 0 Å². The smallest absolute Gasteiger partial charge is 0.380 e. The second-order valence-electron chi connectivity index (χ2n) is 10.3. The van der Waals surface area contributed by atoms with Gasteiger partial charge in [-0.05, 0) is 31.5 Å². The molecule has 2 heterocycles. The fraction of sp³-hybridized carbons (Fsp3) is 0.379. The maximum absolute atomic E-state index is 14.0. The molecule has 1 saturated heterocycles. The number of rotatable bonds is 11. The summed E-state index contributed by atoms with van der Waals surface area (Å²) in [5.74, 6) is -1.29. The molecule has 1 aromatic heterocycles. The molecule has 1 aliphatic rings. The molecule has 0 radical (unpaired) electrons. The molecule has 13 heteroatoms. The fourth-order valence-electron chi connectivity index (χ4n) is 4.57. The van der Waals surface area contributed by atoms with Gasteiger partial charge in [-0.2, -0.15) is 5.26 Å². The lowest BCUT2D eigenvalue weighted by molar-refractivity contribution is -0.152. The van der Waals surface area contributed by atoms with E-state index < -0.39 is 67.3 Å².